The van der Waals surface area contributed by atoms with Crippen molar-refractivity contribution in [2.75, 3.05) is 0 Å². The van der Waals surface area contributed by atoms with Crippen LogP contribution in [0, 0.1) is 11.3 Å². The molecular formula is C18H32N2O. The molecule has 0 aliphatic heterocycles. The van der Waals surface area contributed by atoms with Crippen LogP contribution in [-0.4, -0.2) is 20.3 Å². The Morgan fingerprint density at radius 2 is 2.00 bits per heavy atom. The van der Waals surface area contributed by atoms with Crippen LogP contribution in [0.3, 0.4) is 0 Å². The van der Waals surface area contributed by atoms with E-state index in [4.69, 9.17) is 0 Å². The third-order valence-electron chi connectivity index (χ3n) is 5.69. The van der Waals surface area contributed by atoms with Crippen LogP contribution in [0.15, 0.2) is 12.4 Å². The summed E-state index contributed by atoms with van der Waals surface area (Å²) in [6.07, 6.45) is 11.1. The van der Waals surface area contributed by atoms with Crippen molar-refractivity contribution in [3.63, 3.8) is 0 Å². The first kappa shape index (κ1) is 16.5. The molecule has 3 nitrogen and oxygen atoms in total. The fraction of sp³-hybridized carbons (Fsp3) is 0.833. The van der Waals surface area contributed by atoms with Gasteiger partial charge in [0.2, 0.25) is 0 Å². The molecule has 0 spiro atoms. The van der Waals surface area contributed by atoms with Gasteiger partial charge in [0.15, 0.2) is 0 Å². The van der Waals surface area contributed by atoms with E-state index in [1.54, 1.807) is 0 Å². The largest absolute Gasteiger partial charge is 0.389 e. The molecule has 1 N–H and O–H groups in total. The number of imidazole rings is 1. The van der Waals surface area contributed by atoms with Gasteiger partial charge in [0.25, 0.3) is 0 Å². The lowest BCUT2D eigenvalue weighted by Gasteiger charge is -2.42. The number of nitrogens with zero attached hydrogens (tertiary/aromatic N) is 2. The van der Waals surface area contributed by atoms with Crippen LogP contribution in [0.25, 0.3) is 0 Å². The predicted octanol–water partition coefficient (Wildman–Crippen LogP) is 4.19. The summed E-state index contributed by atoms with van der Waals surface area (Å²) in [6, 6.07) is 0. The first-order chi connectivity index (χ1) is 9.90. The molecule has 3 heteroatoms. The summed E-state index contributed by atoms with van der Waals surface area (Å²) in [6.45, 7) is 10.2. The van der Waals surface area contributed by atoms with Crippen molar-refractivity contribution in [2.45, 2.75) is 84.8 Å². The van der Waals surface area contributed by atoms with Gasteiger partial charge >= 0.3 is 0 Å². The van der Waals surface area contributed by atoms with Gasteiger partial charge in [-0.3, -0.25) is 0 Å². The van der Waals surface area contributed by atoms with Gasteiger partial charge in [-0.1, -0.05) is 34.1 Å². The Balaban J connectivity index is 1.97. The Bertz CT molecular complexity index is 442. The highest BCUT2D eigenvalue weighted by Crippen LogP contribution is 2.44. The molecule has 120 valence electrons. The maximum atomic E-state index is 10.9. The summed E-state index contributed by atoms with van der Waals surface area (Å²) in [5.74, 6) is 1.80. The molecule has 2 rings (SSSR count). The number of aliphatic hydroxyl groups is 1. The number of hydrogen-bond donors (Lipinski definition) is 1. The highest BCUT2D eigenvalue weighted by molar-refractivity contribution is 5.01. The average molecular weight is 292 g/mol. The van der Waals surface area contributed by atoms with Crippen LogP contribution in [0.1, 0.15) is 72.0 Å². The number of hydrogen-bond acceptors (Lipinski definition) is 2. The van der Waals surface area contributed by atoms with Crippen molar-refractivity contribution in [2.24, 2.45) is 11.3 Å². The van der Waals surface area contributed by atoms with Crippen molar-refractivity contribution >= 4 is 0 Å². The van der Waals surface area contributed by atoms with E-state index in [0.717, 1.165) is 50.4 Å². The molecule has 1 heterocycles. The second-order valence-electron chi connectivity index (χ2n) is 7.55. The Hall–Kier alpha value is -0.830. The molecular weight excluding hydrogens is 260 g/mol. The van der Waals surface area contributed by atoms with Crippen molar-refractivity contribution in [3.05, 3.63) is 18.2 Å². The SMILES string of the molecule is CCCn1ccnc1CC1(O)CCC(C(C)(C)CC)CC1. The summed E-state index contributed by atoms with van der Waals surface area (Å²) in [4.78, 5) is 4.46. The predicted molar refractivity (Wildman–Crippen MR) is 87.2 cm³/mol. The van der Waals surface area contributed by atoms with Crippen LogP contribution < -0.4 is 0 Å². The highest BCUT2D eigenvalue weighted by Gasteiger charge is 2.39. The molecule has 1 fully saturated rings. The van der Waals surface area contributed by atoms with Gasteiger partial charge < -0.3 is 9.67 Å². The fourth-order valence-corrected chi connectivity index (χ4v) is 3.65. The van der Waals surface area contributed by atoms with Gasteiger partial charge in [-0.25, -0.2) is 4.98 Å². The Morgan fingerprint density at radius 3 is 2.57 bits per heavy atom. The van der Waals surface area contributed by atoms with Crippen LogP contribution in [0.5, 0.6) is 0 Å². The minimum Gasteiger partial charge on any atom is -0.389 e. The highest BCUT2D eigenvalue weighted by atomic mass is 16.3. The molecule has 1 aliphatic carbocycles. The minimum atomic E-state index is -0.544. The molecule has 21 heavy (non-hydrogen) atoms. The lowest BCUT2D eigenvalue weighted by molar-refractivity contribution is -0.0294. The van der Waals surface area contributed by atoms with Gasteiger partial charge in [-0.15, -0.1) is 0 Å². The van der Waals surface area contributed by atoms with Crippen molar-refractivity contribution < 1.29 is 5.11 Å². The lowest BCUT2D eigenvalue weighted by atomic mass is 9.66. The molecule has 0 bridgehead atoms. The molecule has 0 atom stereocenters. The van der Waals surface area contributed by atoms with Crippen LogP contribution in [-0.2, 0) is 13.0 Å². The quantitative estimate of drug-likeness (QED) is 0.853. The van der Waals surface area contributed by atoms with Gasteiger partial charge in [0.1, 0.15) is 5.82 Å². The van der Waals surface area contributed by atoms with E-state index in [1.165, 1.54) is 6.42 Å². The second-order valence-corrected chi connectivity index (χ2v) is 7.55. The zero-order chi connectivity index (χ0) is 15.5. The Morgan fingerprint density at radius 1 is 1.33 bits per heavy atom. The van der Waals surface area contributed by atoms with E-state index < -0.39 is 5.60 Å². The zero-order valence-electron chi connectivity index (χ0n) is 14.2. The maximum Gasteiger partial charge on any atom is 0.111 e. The molecule has 0 aromatic carbocycles. The van der Waals surface area contributed by atoms with Gasteiger partial charge in [0.05, 0.1) is 5.60 Å². The van der Waals surface area contributed by atoms with Crippen LogP contribution >= 0.6 is 0 Å². The first-order valence-corrected chi connectivity index (χ1v) is 8.62. The third-order valence-corrected chi connectivity index (χ3v) is 5.69. The average Bonchev–Trinajstić information content (AvgIpc) is 2.86. The van der Waals surface area contributed by atoms with E-state index in [1.807, 2.05) is 12.4 Å². The maximum absolute atomic E-state index is 10.9. The zero-order valence-corrected chi connectivity index (χ0v) is 14.2. The Kier molecular flexibility index (Phi) is 5.13. The topological polar surface area (TPSA) is 38.0 Å². The monoisotopic (exact) mass is 292 g/mol. The molecule has 0 saturated heterocycles. The minimum absolute atomic E-state index is 0.405. The molecule has 0 amide bonds. The number of rotatable bonds is 6. The standard InChI is InChI=1S/C18H32N2O/c1-5-12-20-13-11-19-16(20)14-18(21)9-7-15(8-10-18)17(3,4)6-2/h11,13,15,21H,5-10,12,14H2,1-4H3. The van der Waals surface area contributed by atoms with Crippen LogP contribution in [0.2, 0.25) is 0 Å². The molecule has 1 saturated carbocycles. The lowest BCUT2D eigenvalue weighted by Crippen LogP contribution is -2.40. The van der Waals surface area contributed by atoms with E-state index in [0.29, 0.717) is 11.8 Å². The van der Waals surface area contributed by atoms with Gasteiger partial charge in [0, 0.05) is 25.4 Å². The molecule has 0 radical (unpaired) electrons. The normalized spacial score (nSPS) is 27.0. The summed E-state index contributed by atoms with van der Waals surface area (Å²) in [5, 5.41) is 10.9. The molecule has 1 aromatic heterocycles. The van der Waals surface area contributed by atoms with E-state index in [9.17, 15) is 5.11 Å². The summed E-state index contributed by atoms with van der Waals surface area (Å²) >= 11 is 0. The number of aryl methyl sites for hydroxylation is 1. The molecule has 0 unspecified atom stereocenters. The van der Waals surface area contributed by atoms with E-state index in [-0.39, 0.29) is 0 Å². The Labute approximate surface area is 129 Å². The summed E-state index contributed by atoms with van der Waals surface area (Å²) < 4.78 is 2.19. The van der Waals surface area contributed by atoms with Crippen molar-refractivity contribution in [3.8, 4) is 0 Å². The number of aromatic nitrogens is 2. The van der Waals surface area contributed by atoms with Crippen molar-refractivity contribution in [1.29, 1.82) is 0 Å². The molecule has 1 aromatic rings. The van der Waals surface area contributed by atoms with Gasteiger partial charge in [-0.2, -0.15) is 0 Å². The van der Waals surface area contributed by atoms with E-state index in [2.05, 4.69) is 37.2 Å². The van der Waals surface area contributed by atoms with Crippen molar-refractivity contribution in [1.82, 2.24) is 9.55 Å². The summed E-state index contributed by atoms with van der Waals surface area (Å²) in [5.41, 5.74) is -0.140. The third kappa shape index (κ3) is 3.88. The van der Waals surface area contributed by atoms with Gasteiger partial charge in [-0.05, 0) is 43.4 Å². The van der Waals surface area contributed by atoms with Crippen LogP contribution in [0.4, 0.5) is 0 Å². The summed E-state index contributed by atoms with van der Waals surface area (Å²) in [7, 11) is 0. The fourth-order valence-electron chi connectivity index (χ4n) is 3.65. The smallest absolute Gasteiger partial charge is 0.111 e. The second kappa shape index (κ2) is 6.51. The molecule has 1 aliphatic rings. The first-order valence-electron chi connectivity index (χ1n) is 8.62. The van der Waals surface area contributed by atoms with E-state index >= 15 is 0 Å².